The molecule has 2 aliphatic rings. The topological polar surface area (TPSA) is 42.2 Å². The van der Waals surface area contributed by atoms with Crippen molar-refractivity contribution in [2.75, 3.05) is 18.0 Å². The molecule has 5 heteroatoms. The van der Waals surface area contributed by atoms with Gasteiger partial charge in [-0.2, -0.15) is 0 Å². The minimum Gasteiger partial charge on any atom is -0.342 e. The molecule has 2 N–H and O–H groups in total. The molecule has 0 amide bonds. The first kappa shape index (κ1) is 10.5. The summed E-state index contributed by atoms with van der Waals surface area (Å²) >= 11 is 1.64. The van der Waals surface area contributed by atoms with E-state index in [2.05, 4.69) is 18.8 Å². The Morgan fingerprint density at radius 3 is 2.75 bits per heavy atom. The molecule has 1 aromatic rings. The molecule has 0 aromatic carbocycles. The van der Waals surface area contributed by atoms with Gasteiger partial charge >= 0.3 is 0 Å². The van der Waals surface area contributed by atoms with E-state index in [1.165, 1.54) is 4.88 Å². The Morgan fingerprint density at radius 1 is 1.50 bits per heavy atom. The molecule has 88 valence electrons. The van der Waals surface area contributed by atoms with Crippen LogP contribution < -0.4 is 10.6 Å². The minimum absolute atomic E-state index is 0.0798. The normalized spacial score (nSPS) is 28.0. The number of anilines is 1. The highest BCUT2D eigenvalue weighted by molar-refractivity contribution is 7.15. The first-order valence-corrected chi connectivity index (χ1v) is 6.43. The number of aromatic nitrogens is 1. The monoisotopic (exact) mass is 241 g/mol. The Balaban J connectivity index is 1.86. The summed E-state index contributed by atoms with van der Waals surface area (Å²) < 4.78 is 12.8. The molecule has 0 bridgehead atoms. The van der Waals surface area contributed by atoms with Gasteiger partial charge in [-0.05, 0) is 11.8 Å². The van der Waals surface area contributed by atoms with Crippen LogP contribution in [0.2, 0.25) is 0 Å². The van der Waals surface area contributed by atoms with Gasteiger partial charge in [0.2, 0.25) is 0 Å². The smallest absolute Gasteiger partial charge is 0.186 e. The zero-order valence-electron chi connectivity index (χ0n) is 9.53. The summed E-state index contributed by atoms with van der Waals surface area (Å²) in [5, 5.41) is 0.949. The van der Waals surface area contributed by atoms with E-state index in [4.69, 9.17) is 5.73 Å². The second-order valence-corrected chi connectivity index (χ2v) is 6.46. The molecular weight excluding hydrogens is 225 g/mol. The van der Waals surface area contributed by atoms with E-state index in [9.17, 15) is 4.39 Å². The van der Waals surface area contributed by atoms with Crippen molar-refractivity contribution < 1.29 is 4.39 Å². The maximum absolute atomic E-state index is 12.8. The van der Waals surface area contributed by atoms with Crippen LogP contribution in [0.4, 0.5) is 9.52 Å². The summed E-state index contributed by atoms with van der Waals surface area (Å²) in [6.07, 6.45) is 0.260. The largest absolute Gasteiger partial charge is 0.342 e. The van der Waals surface area contributed by atoms with Crippen molar-refractivity contribution in [1.82, 2.24) is 4.98 Å². The fraction of sp³-hybridized carbons (Fsp3) is 0.727. The van der Waals surface area contributed by atoms with E-state index in [0.717, 1.165) is 17.2 Å². The summed E-state index contributed by atoms with van der Waals surface area (Å²) in [6, 6.07) is 0.0798. The molecule has 0 unspecified atom stereocenters. The number of hydrogen-bond donors (Lipinski definition) is 1. The van der Waals surface area contributed by atoms with Gasteiger partial charge in [-0.15, -0.1) is 0 Å². The molecule has 1 saturated heterocycles. The van der Waals surface area contributed by atoms with Crippen LogP contribution in [0.15, 0.2) is 0 Å². The van der Waals surface area contributed by atoms with Gasteiger partial charge in [-0.3, -0.25) is 0 Å². The van der Waals surface area contributed by atoms with Gasteiger partial charge in [-0.1, -0.05) is 25.2 Å². The van der Waals surface area contributed by atoms with Crippen LogP contribution in [0.25, 0.3) is 0 Å². The average molecular weight is 241 g/mol. The molecule has 1 fully saturated rings. The molecular formula is C11H16FN3S. The second-order valence-electron chi connectivity index (χ2n) is 5.45. The van der Waals surface area contributed by atoms with Gasteiger partial charge in [0.25, 0.3) is 0 Å². The maximum atomic E-state index is 12.8. The van der Waals surface area contributed by atoms with Crippen molar-refractivity contribution in [3.8, 4) is 0 Å². The first-order chi connectivity index (χ1) is 7.47. The lowest BCUT2D eigenvalue weighted by Crippen LogP contribution is -2.48. The fourth-order valence-corrected chi connectivity index (χ4v) is 3.65. The zero-order chi connectivity index (χ0) is 11.5. The molecule has 16 heavy (non-hydrogen) atoms. The van der Waals surface area contributed by atoms with Crippen molar-refractivity contribution >= 4 is 16.5 Å². The highest BCUT2D eigenvalue weighted by Gasteiger charge is 2.40. The number of rotatable bonds is 1. The lowest BCUT2D eigenvalue weighted by Gasteiger charge is -2.34. The van der Waals surface area contributed by atoms with Gasteiger partial charge in [0, 0.05) is 10.9 Å². The Bertz CT molecular complexity index is 423. The summed E-state index contributed by atoms with van der Waals surface area (Å²) in [5.74, 6) is 0. The van der Waals surface area contributed by atoms with E-state index in [1.807, 2.05) is 4.90 Å². The Kier molecular flexibility index (Phi) is 2.07. The van der Waals surface area contributed by atoms with Gasteiger partial charge in [-0.25, -0.2) is 9.37 Å². The SMILES string of the molecule is CC1(C)Cc2nc(N3CC(F)C3)sc2[C@H]1N. The zero-order valence-corrected chi connectivity index (χ0v) is 10.4. The summed E-state index contributed by atoms with van der Waals surface area (Å²) in [6.45, 7) is 5.33. The van der Waals surface area contributed by atoms with Crippen molar-refractivity contribution in [1.29, 1.82) is 0 Å². The Labute approximate surface area is 98.5 Å². The minimum atomic E-state index is -0.677. The summed E-state index contributed by atoms with van der Waals surface area (Å²) in [7, 11) is 0. The third-order valence-electron chi connectivity index (χ3n) is 3.57. The van der Waals surface area contributed by atoms with Gasteiger partial charge in [0.15, 0.2) is 5.13 Å². The number of nitrogens with zero attached hydrogens (tertiary/aromatic N) is 2. The second kappa shape index (κ2) is 3.17. The predicted octanol–water partition coefficient (Wildman–Crippen LogP) is 1.88. The number of fused-ring (bicyclic) bond motifs is 1. The van der Waals surface area contributed by atoms with Crippen LogP contribution in [0.3, 0.4) is 0 Å². The molecule has 3 rings (SSSR count). The van der Waals surface area contributed by atoms with E-state index < -0.39 is 6.17 Å². The quantitative estimate of drug-likeness (QED) is 0.816. The molecule has 0 spiro atoms. The number of alkyl halides is 1. The number of thiazole rings is 1. The van der Waals surface area contributed by atoms with Crippen molar-refractivity contribution in [2.45, 2.75) is 32.5 Å². The van der Waals surface area contributed by atoms with Crippen molar-refractivity contribution in [3.63, 3.8) is 0 Å². The number of nitrogens with two attached hydrogens (primary N) is 1. The molecule has 0 saturated carbocycles. The van der Waals surface area contributed by atoms with Gasteiger partial charge < -0.3 is 10.6 Å². The third kappa shape index (κ3) is 1.38. The molecule has 1 aliphatic carbocycles. The summed E-state index contributed by atoms with van der Waals surface area (Å²) in [5.41, 5.74) is 7.44. The van der Waals surface area contributed by atoms with Crippen molar-refractivity contribution in [3.05, 3.63) is 10.6 Å². The van der Waals surface area contributed by atoms with Crippen LogP contribution in [-0.4, -0.2) is 24.2 Å². The lowest BCUT2D eigenvalue weighted by molar-refractivity contribution is 0.274. The molecule has 1 atom stereocenters. The molecule has 1 aromatic heterocycles. The average Bonchev–Trinajstić information content (AvgIpc) is 2.61. The third-order valence-corrected chi connectivity index (χ3v) is 4.81. The van der Waals surface area contributed by atoms with Crippen LogP contribution in [0, 0.1) is 5.41 Å². The summed E-state index contributed by atoms with van der Waals surface area (Å²) in [4.78, 5) is 7.78. The van der Waals surface area contributed by atoms with Crippen LogP contribution in [-0.2, 0) is 6.42 Å². The lowest BCUT2D eigenvalue weighted by atomic mass is 9.87. The molecule has 1 aliphatic heterocycles. The number of hydrogen-bond acceptors (Lipinski definition) is 4. The Morgan fingerprint density at radius 2 is 2.19 bits per heavy atom. The standard InChI is InChI=1S/C11H16FN3S/c1-11(2)3-7-8(9(11)13)16-10(14-7)15-4-6(12)5-15/h6,9H,3-5,13H2,1-2H3/t9-/m1/s1. The highest BCUT2D eigenvalue weighted by atomic mass is 32.1. The first-order valence-electron chi connectivity index (χ1n) is 5.61. The van der Waals surface area contributed by atoms with Crippen LogP contribution >= 0.6 is 11.3 Å². The number of halogens is 1. The van der Waals surface area contributed by atoms with E-state index >= 15 is 0 Å². The van der Waals surface area contributed by atoms with E-state index in [0.29, 0.717) is 13.1 Å². The van der Waals surface area contributed by atoms with Gasteiger partial charge in [0.05, 0.1) is 18.8 Å². The van der Waals surface area contributed by atoms with Gasteiger partial charge in [0.1, 0.15) is 6.17 Å². The highest BCUT2D eigenvalue weighted by Crippen LogP contribution is 2.47. The van der Waals surface area contributed by atoms with Crippen LogP contribution in [0.1, 0.15) is 30.5 Å². The fourth-order valence-electron chi connectivity index (χ4n) is 2.33. The molecule has 2 heterocycles. The molecule has 3 nitrogen and oxygen atoms in total. The Hall–Kier alpha value is -0.680. The predicted molar refractivity (Wildman–Crippen MR) is 63.6 cm³/mol. The maximum Gasteiger partial charge on any atom is 0.186 e. The van der Waals surface area contributed by atoms with E-state index in [1.54, 1.807) is 11.3 Å². The van der Waals surface area contributed by atoms with Crippen molar-refractivity contribution in [2.24, 2.45) is 11.1 Å². The van der Waals surface area contributed by atoms with E-state index in [-0.39, 0.29) is 11.5 Å². The van der Waals surface area contributed by atoms with Crippen LogP contribution in [0.5, 0.6) is 0 Å². The molecule has 0 radical (unpaired) electrons.